The summed E-state index contributed by atoms with van der Waals surface area (Å²) in [7, 11) is 0. The molecule has 0 unspecified atom stereocenters. The maximum absolute atomic E-state index is 12.5. The highest BCUT2D eigenvalue weighted by Crippen LogP contribution is 2.26. The summed E-state index contributed by atoms with van der Waals surface area (Å²) in [5.74, 6) is -0.131. The van der Waals surface area contributed by atoms with Gasteiger partial charge < -0.3 is 25.4 Å². The molecule has 0 aromatic heterocycles. The van der Waals surface area contributed by atoms with Gasteiger partial charge in [0.2, 0.25) is 5.91 Å². The molecule has 0 heterocycles. The Kier molecular flexibility index (Phi) is 8.23. The van der Waals surface area contributed by atoms with Gasteiger partial charge in [-0.1, -0.05) is 24.3 Å². The molecule has 2 aromatic carbocycles. The molecule has 2 aromatic rings. The fraction of sp³-hybridized carbons (Fsp3) is 0.375. The summed E-state index contributed by atoms with van der Waals surface area (Å²) in [6, 6.07) is 10.7. The second-order valence-electron chi connectivity index (χ2n) is 8.44. The topological polar surface area (TPSA) is 106 Å². The van der Waals surface area contributed by atoms with E-state index in [1.165, 1.54) is 0 Å². The molecule has 2 rings (SSSR count). The van der Waals surface area contributed by atoms with Crippen LogP contribution in [0.2, 0.25) is 0 Å². The van der Waals surface area contributed by atoms with Crippen LogP contribution in [0.4, 0.5) is 16.2 Å². The van der Waals surface area contributed by atoms with Crippen molar-refractivity contribution in [3.8, 4) is 5.75 Å². The van der Waals surface area contributed by atoms with Gasteiger partial charge >= 0.3 is 6.09 Å². The van der Waals surface area contributed by atoms with E-state index in [1.807, 2.05) is 32.9 Å². The van der Waals surface area contributed by atoms with Gasteiger partial charge in [0.25, 0.3) is 5.91 Å². The molecule has 0 spiro atoms. The molecule has 3 amide bonds. The fourth-order valence-electron chi connectivity index (χ4n) is 2.83. The number of rotatable bonds is 7. The molecule has 0 saturated heterocycles. The maximum atomic E-state index is 12.5. The molecule has 8 nitrogen and oxygen atoms in total. The predicted molar refractivity (Wildman–Crippen MR) is 124 cm³/mol. The number of carbonyl (C=O) groups is 3. The predicted octanol–water partition coefficient (Wildman–Crippen LogP) is 4.09. The second-order valence-corrected chi connectivity index (χ2v) is 8.44. The monoisotopic (exact) mass is 441 g/mol. The van der Waals surface area contributed by atoms with Gasteiger partial charge in [0.05, 0.1) is 11.4 Å². The Morgan fingerprint density at radius 2 is 1.41 bits per heavy atom. The van der Waals surface area contributed by atoms with E-state index < -0.39 is 17.6 Å². The Labute approximate surface area is 188 Å². The summed E-state index contributed by atoms with van der Waals surface area (Å²) in [5, 5.41) is 7.81. The van der Waals surface area contributed by atoms with Crippen LogP contribution < -0.4 is 20.7 Å². The number of ether oxygens (including phenoxy) is 2. The van der Waals surface area contributed by atoms with Gasteiger partial charge in [-0.05, 0) is 70.4 Å². The van der Waals surface area contributed by atoms with Crippen LogP contribution >= 0.6 is 0 Å². The van der Waals surface area contributed by atoms with E-state index in [2.05, 4.69) is 16.0 Å². The van der Waals surface area contributed by atoms with Gasteiger partial charge in [-0.3, -0.25) is 9.59 Å². The Balaban J connectivity index is 1.94. The summed E-state index contributed by atoms with van der Waals surface area (Å²) >= 11 is 0. The van der Waals surface area contributed by atoms with E-state index in [-0.39, 0.29) is 19.1 Å². The quantitative estimate of drug-likeness (QED) is 0.600. The zero-order valence-corrected chi connectivity index (χ0v) is 19.4. The number of para-hydroxylation sites is 2. The van der Waals surface area contributed by atoms with Gasteiger partial charge in [-0.15, -0.1) is 0 Å². The van der Waals surface area contributed by atoms with Crippen LogP contribution in [0.3, 0.4) is 0 Å². The molecule has 0 radical (unpaired) electrons. The van der Waals surface area contributed by atoms with Crippen molar-refractivity contribution in [2.75, 3.05) is 23.8 Å². The average Bonchev–Trinajstić information content (AvgIpc) is 2.69. The lowest BCUT2D eigenvalue weighted by Gasteiger charge is -2.19. The number of aryl methyl sites for hydroxylation is 2. The fourth-order valence-corrected chi connectivity index (χ4v) is 2.83. The van der Waals surface area contributed by atoms with E-state index in [0.717, 1.165) is 16.7 Å². The molecule has 0 fully saturated rings. The molecular formula is C24H31N3O5. The molecule has 32 heavy (non-hydrogen) atoms. The van der Waals surface area contributed by atoms with Crippen molar-refractivity contribution in [3.63, 3.8) is 0 Å². The minimum absolute atomic E-state index is 0.173. The smallest absolute Gasteiger partial charge is 0.408 e. The van der Waals surface area contributed by atoms with Crippen molar-refractivity contribution in [2.45, 2.75) is 47.1 Å². The normalized spacial score (nSPS) is 10.8. The zero-order chi connectivity index (χ0) is 23.9. The van der Waals surface area contributed by atoms with Gasteiger partial charge in [0.1, 0.15) is 17.9 Å². The number of amides is 3. The van der Waals surface area contributed by atoms with Crippen molar-refractivity contribution < 1.29 is 23.9 Å². The van der Waals surface area contributed by atoms with Crippen molar-refractivity contribution in [1.82, 2.24) is 5.32 Å². The van der Waals surface area contributed by atoms with Crippen molar-refractivity contribution in [1.29, 1.82) is 0 Å². The van der Waals surface area contributed by atoms with E-state index in [4.69, 9.17) is 9.47 Å². The molecule has 0 aliphatic heterocycles. The third kappa shape index (κ3) is 7.61. The van der Waals surface area contributed by atoms with Gasteiger partial charge in [0.15, 0.2) is 6.61 Å². The van der Waals surface area contributed by atoms with E-state index in [9.17, 15) is 14.4 Å². The molecular weight excluding hydrogens is 410 g/mol. The number of alkyl carbamates (subject to hydrolysis) is 1. The standard InChI is InChI=1S/C24H31N3O5/c1-15-11-12-16(2)22(17(15)3)31-14-21(29)27-19-10-8-7-9-18(19)26-20(28)13-25-23(30)32-24(4,5)6/h7-12H,13-14H2,1-6H3,(H,25,30)(H,26,28)(H,27,29). The largest absolute Gasteiger partial charge is 0.483 e. The van der Waals surface area contributed by atoms with Crippen LogP contribution in [-0.4, -0.2) is 36.7 Å². The average molecular weight is 442 g/mol. The third-order valence-electron chi connectivity index (χ3n) is 4.49. The maximum Gasteiger partial charge on any atom is 0.408 e. The van der Waals surface area contributed by atoms with Crippen LogP contribution in [0.5, 0.6) is 5.75 Å². The lowest BCUT2D eigenvalue weighted by molar-refractivity contribution is -0.118. The number of nitrogens with one attached hydrogen (secondary N) is 3. The van der Waals surface area contributed by atoms with Crippen LogP contribution in [0.1, 0.15) is 37.5 Å². The molecule has 0 saturated carbocycles. The van der Waals surface area contributed by atoms with Crippen molar-refractivity contribution in [2.24, 2.45) is 0 Å². The van der Waals surface area contributed by atoms with Crippen molar-refractivity contribution in [3.05, 3.63) is 53.1 Å². The summed E-state index contributed by atoms with van der Waals surface area (Å²) in [6.07, 6.45) is -0.687. The first kappa shape index (κ1) is 24.7. The lowest BCUT2D eigenvalue weighted by atomic mass is 10.1. The third-order valence-corrected chi connectivity index (χ3v) is 4.49. The Hall–Kier alpha value is -3.55. The number of hydrogen-bond acceptors (Lipinski definition) is 5. The minimum Gasteiger partial charge on any atom is -0.483 e. The molecule has 0 aliphatic rings. The molecule has 3 N–H and O–H groups in total. The highest BCUT2D eigenvalue weighted by Gasteiger charge is 2.17. The van der Waals surface area contributed by atoms with Crippen molar-refractivity contribution >= 4 is 29.3 Å². The van der Waals surface area contributed by atoms with Crippen LogP contribution in [0.25, 0.3) is 0 Å². The molecule has 8 heteroatoms. The first-order valence-corrected chi connectivity index (χ1v) is 10.3. The Morgan fingerprint density at radius 3 is 2.00 bits per heavy atom. The van der Waals surface area contributed by atoms with Gasteiger partial charge in [-0.2, -0.15) is 0 Å². The molecule has 0 bridgehead atoms. The number of hydrogen-bond donors (Lipinski definition) is 3. The molecule has 0 aliphatic carbocycles. The van der Waals surface area contributed by atoms with Gasteiger partial charge in [0, 0.05) is 0 Å². The Morgan fingerprint density at radius 1 is 0.844 bits per heavy atom. The highest BCUT2D eigenvalue weighted by molar-refractivity contribution is 6.01. The summed E-state index contributed by atoms with van der Waals surface area (Å²) in [5.41, 5.74) is 3.19. The van der Waals surface area contributed by atoms with E-state index in [1.54, 1.807) is 45.0 Å². The lowest BCUT2D eigenvalue weighted by Crippen LogP contribution is -2.37. The Bertz CT molecular complexity index is 996. The number of anilines is 2. The van der Waals surface area contributed by atoms with Gasteiger partial charge in [-0.25, -0.2) is 4.79 Å². The van der Waals surface area contributed by atoms with Crippen LogP contribution in [-0.2, 0) is 14.3 Å². The molecule has 172 valence electrons. The first-order chi connectivity index (χ1) is 15.0. The highest BCUT2D eigenvalue weighted by atomic mass is 16.6. The number of carbonyl (C=O) groups excluding carboxylic acids is 3. The summed E-state index contributed by atoms with van der Waals surface area (Å²) in [6.45, 7) is 10.6. The zero-order valence-electron chi connectivity index (χ0n) is 19.4. The van der Waals surface area contributed by atoms with E-state index in [0.29, 0.717) is 17.1 Å². The number of benzene rings is 2. The first-order valence-electron chi connectivity index (χ1n) is 10.3. The summed E-state index contributed by atoms with van der Waals surface area (Å²) < 4.78 is 10.8. The van der Waals surface area contributed by atoms with E-state index >= 15 is 0 Å². The summed E-state index contributed by atoms with van der Waals surface area (Å²) in [4.78, 5) is 36.4. The minimum atomic E-state index is -0.687. The molecule has 0 atom stereocenters. The van der Waals surface area contributed by atoms with Crippen LogP contribution in [0.15, 0.2) is 36.4 Å². The van der Waals surface area contributed by atoms with Crippen LogP contribution in [0, 0.1) is 20.8 Å². The SMILES string of the molecule is Cc1ccc(C)c(OCC(=O)Nc2ccccc2NC(=O)CNC(=O)OC(C)(C)C)c1C. The second kappa shape index (κ2) is 10.7.